The van der Waals surface area contributed by atoms with E-state index in [9.17, 15) is 27.5 Å². The van der Waals surface area contributed by atoms with Crippen LogP contribution in [-0.4, -0.2) is 53.6 Å². The zero-order valence-corrected chi connectivity index (χ0v) is 20.2. The summed E-state index contributed by atoms with van der Waals surface area (Å²) in [7, 11) is 0. The van der Waals surface area contributed by atoms with Crippen molar-refractivity contribution in [3.63, 3.8) is 0 Å². The molecule has 1 fully saturated rings. The molecule has 2 unspecified atom stereocenters. The second kappa shape index (κ2) is 10.3. The molecule has 0 aromatic heterocycles. The number of aliphatic hydroxyl groups excluding tert-OH is 1. The average Bonchev–Trinajstić information content (AvgIpc) is 2.82. The molecule has 2 N–H and O–H groups in total. The number of nitrogens with zero attached hydrogens (tertiary/aromatic N) is 1. The van der Waals surface area contributed by atoms with Crippen molar-refractivity contribution >= 4 is 22.0 Å². The zero-order chi connectivity index (χ0) is 25.2. The third-order valence-electron chi connectivity index (χ3n) is 6.40. The van der Waals surface area contributed by atoms with E-state index in [1.165, 1.54) is 12.1 Å². The molecule has 2 aromatic rings. The molecule has 4 rings (SSSR count). The van der Waals surface area contributed by atoms with Gasteiger partial charge in [0.25, 0.3) is 0 Å². The van der Waals surface area contributed by atoms with Gasteiger partial charge in [-0.25, -0.2) is 9.18 Å². The third kappa shape index (κ3) is 6.07. The van der Waals surface area contributed by atoms with Gasteiger partial charge in [-0.2, -0.15) is 13.2 Å². The van der Waals surface area contributed by atoms with Gasteiger partial charge in [-0.3, -0.25) is 0 Å². The Hall–Kier alpha value is -2.37. The molecule has 1 amide bonds. The molecule has 0 radical (unpaired) electrons. The van der Waals surface area contributed by atoms with Crippen LogP contribution in [-0.2, 0) is 11.3 Å². The SMILES string of the molecule is O=C(OCc1ccccc1)N1CCC2(CC1)CC(NCC(O)C(F)(F)F)c1cc(F)c(Br)cc1O2. The number of alkyl halides is 3. The second-order valence-electron chi connectivity index (χ2n) is 8.84. The van der Waals surface area contributed by atoms with Gasteiger partial charge in [0.15, 0.2) is 6.10 Å². The summed E-state index contributed by atoms with van der Waals surface area (Å²) in [6, 6.07) is 11.3. The number of carbonyl (C=O) groups is 1. The number of hydrogen-bond donors (Lipinski definition) is 2. The predicted octanol–water partition coefficient (Wildman–Crippen LogP) is 5.10. The number of fused-ring (bicyclic) bond motifs is 1. The maximum Gasteiger partial charge on any atom is 0.415 e. The van der Waals surface area contributed by atoms with E-state index < -0.39 is 42.4 Å². The Bertz CT molecular complexity index is 1050. The number of halogens is 5. The van der Waals surface area contributed by atoms with E-state index in [1.54, 1.807) is 4.90 Å². The van der Waals surface area contributed by atoms with E-state index in [-0.39, 0.29) is 17.5 Å². The first-order valence-corrected chi connectivity index (χ1v) is 12.0. The van der Waals surface area contributed by atoms with Crippen molar-refractivity contribution in [2.24, 2.45) is 0 Å². The Morgan fingerprint density at radius 2 is 1.94 bits per heavy atom. The van der Waals surface area contributed by atoms with Gasteiger partial charge in [-0.05, 0) is 33.6 Å². The van der Waals surface area contributed by atoms with E-state index in [4.69, 9.17) is 9.47 Å². The molecule has 1 spiro atoms. The molecular weight excluding hydrogens is 536 g/mol. The van der Waals surface area contributed by atoms with Crippen molar-refractivity contribution in [3.8, 4) is 5.75 Å². The average molecular weight is 561 g/mol. The van der Waals surface area contributed by atoms with Crippen LogP contribution < -0.4 is 10.1 Å². The number of benzene rings is 2. The highest BCUT2D eigenvalue weighted by Crippen LogP contribution is 2.46. The predicted molar refractivity (Wildman–Crippen MR) is 122 cm³/mol. The van der Waals surface area contributed by atoms with Crippen LogP contribution in [0.4, 0.5) is 22.4 Å². The van der Waals surface area contributed by atoms with E-state index in [0.717, 1.165) is 5.56 Å². The summed E-state index contributed by atoms with van der Waals surface area (Å²) in [6.45, 7) is 0.0873. The molecule has 2 aliphatic heterocycles. The van der Waals surface area contributed by atoms with Gasteiger partial charge in [0.1, 0.15) is 23.8 Å². The second-order valence-corrected chi connectivity index (χ2v) is 9.69. The van der Waals surface area contributed by atoms with E-state index in [2.05, 4.69) is 21.2 Å². The van der Waals surface area contributed by atoms with Gasteiger partial charge in [0.05, 0.1) is 4.47 Å². The van der Waals surface area contributed by atoms with Crippen LogP contribution in [0.3, 0.4) is 0 Å². The molecule has 190 valence electrons. The Morgan fingerprint density at radius 3 is 2.60 bits per heavy atom. The fourth-order valence-corrected chi connectivity index (χ4v) is 4.75. The molecule has 2 atom stereocenters. The maximum atomic E-state index is 14.2. The first-order chi connectivity index (χ1) is 16.6. The lowest BCUT2D eigenvalue weighted by molar-refractivity contribution is -0.202. The topological polar surface area (TPSA) is 71.0 Å². The molecule has 11 heteroatoms. The van der Waals surface area contributed by atoms with E-state index in [0.29, 0.717) is 37.2 Å². The molecule has 0 bridgehead atoms. The first-order valence-electron chi connectivity index (χ1n) is 11.2. The number of hydrogen-bond acceptors (Lipinski definition) is 5. The summed E-state index contributed by atoms with van der Waals surface area (Å²) < 4.78 is 64.5. The maximum absolute atomic E-state index is 14.2. The monoisotopic (exact) mass is 560 g/mol. The minimum absolute atomic E-state index is 0.151. The molecular formula is C24H25BrF4N2O4. The van der Waals surface area contributed by atoms with Crippen LogP contribution in [0.15, 0.2) is 46.9 Å². The highest BCUT2D eigenvalue weighted by atomic mass is 79.9. The molecule has 1 saturated heterocycles. The fourth-order valence-electron chi connectivity index (χ4n) is 4.43. The van der Waals surface area contributed by atoms with Crippen molar-refractivity contribution < 1.29 is 36.9 Å². The van der Waals surface area contributed by atoms with Crippen molar-refractivity contribution in [2.75, 3.05) is 19.6 Å². The molecule has 6 nitrogen and oxygen atoms in total. The number of rotatable bonds is 5. The van der Waals surface area contributed by atoms with Crippen LogP contribution >= 0.6 is 15.9 Å². The number of amides is 1. The largest absolute Gasteiger partial charge is 0.487 e. The summed E-state index contributed by atoms with van der Waals surface area (Å²) >= 11 is 3.13. The minimum Gasteiger partial charge on any atom is -0.487 e. The molecule has 0 saturated carbocycles. The van der Waals surface area contributed by atoms with Gasteiger partial charge in [-0.1, -0.05) is 30.3 Å². The van der Waals surface area contributed by atoms with Crippen LogP contribution in [0, 0.1) is 5.82 Å². The highest BCUT2D eigenvalue weighted by molar-refractivity contribution is 9.10. The highest BCUT2D eigenvalue weighted by Gasteiger charge is 2.45. The number of likely N-dealkylation sites (tertiary alicyclic amines) is 1. The lowest BCUT2D eigenvalue weighted by Crippen LogP contribution is -2.53. The van der Waals surface area contributed by atoms with Crippen LogP contribution in [0.5, 0.6) is 5.75 Å². The molecule has 2 aliphatic rings. The molecule has 0 aliphatic carbocycles. The Kier molecular flexibility index (Phi) is 7.58. The Balaban J connectivity index is 1.43. The lowest BCUT2D eigenvalue weighted by Gasteiger charge is -2.47. The summed E-state index contributed by atoms with van der Waals surface area (Å²) in [5.74, 6) is -0.217. The standard InChI is InChI=1S/C24H25BrF4N2O4/c25-17-11-20-16(10-18(17)26)19(30-13-21(32)24(27,28)29)12-23(35-20)6-8-31(9-7-23)22(33)34-14-15-4-2-1-3-5-15/h1-5,10-11,19,21,30,32H,6-9,12-14H2. The van der Waals surface area contributed by atoms with E-state index in [1.807, 2.05) is 30.3 Å². The summed E-state index contributed by atoms with van der Waals surface area (Å²) in [4.78, 5) is 14.1. The van der Waals surface area contributed by atoms with Crippen molar-refractivity contribution in [2.45, 2.75) is 49.8 Å². The Labute approximate surface area is 208 Å². The van der Waals surface area contributed by atoms with Gasteiger partial charge in [0, 0.05) is 50.5 Å². The fraction of sp³-hybridized carbons (Fsp3) is 0.458. The summed E-state index contributed by atoms with van der Waals surface area (Å²) in [6.07, 6.45) is -6.67. The van der Waals surface area contributed by atoms with Crippen LogP contribution in [0.1, 0.15) is 36.4 Å². The Morgan fingerprint density at radius 1 is 1.26 bits per heavy atom. The summed E-state index contributed by atoms with van der Waals surface area (Å²) in [5.41, 5.74) is 0.492. The number of piperidine rings is 1. The molecule has 2 aromatic carbocycles. The van der Waals surface area contributed by atoms with Crippen molar-refractivity contribution in [1.29, 1.82) is 0 Å². The lowest BCUT2D eigenvalue weighted by atomic mass is 9.80. The normalized spacial score (nSPS) is 20.2. The smallest absolute Gasteiger partial charge is 0.415 e. The number of nitrogens with one attached hydrogen (secondary N) is 1. The quantitative estimate of drug-likeness (QED) is 0.498. The molecule has 35 heavy (non-hydrogen) atoms. The van der Waals surface area contributed by atoms with Gasteiger partial charge in [-0.15, -0.1) is 0 Å². The van der Waals surface area contributed by atoms with Gasteiger partial charge in [0.2, 0.25) is 0 Å². The van der Waals surface area contributed by atoms with Crippen LogP contribution in [0.2, 0.25) is 0 Å². The zero-order valence-electron chi connectivity index (χ0n) is 18.7. The van der Waals surface area contributed by atoms with Gasteiger partial charge < -0.3 is 24.8 Å². The third-order valence-corrected chi connectivity index (χ3v) is 7.01. The minimum atomic E-state index is -4.77. The van der Waals surface area contributed by atoms with Gasteiger partial charge >= 0.3 is 12.3 Å². The van der Waals surface area contributed by atoms with Crippen molar-refractivity contribution in [1.82, 2.24) is 10.2 Å². The van der Waals surface area contributed by atoms with Crippen molar-refractivity contribution in [3.05, 3.63) is 63.9 Å². The van der Waals surface area contributed by atoms with Crippen LogP contribution in [0.25, 0.3) is 0 Å². The number of carbonyl (C=O) groups excluding carboxylic acids is 1. The van der Waals surface area contributed by atoms with E-state index >= 15 is 0 Å². The number of ether oxygens (including phenoxy) is 2. The number of aliphatic hydroxyl groups is 1. The summed E-state index contributed by atoms with van der Waals surface area (Å²) in [5, 5.41) is 12.2. The first kappa shape index (κ1) is 25.7. The molecule has 2 heterocycles.